The van der Waals surface area contributed by atoms with Crippen molar-refractivity contribution in [3.8, 4) is 33.4 Å². The molecule has 1 aromatic heterocycles. The Balaban J connectivity index is 1.06. The minimum Gasteiger partial charge on any atom is -0.456 e. The van der Waals surface area contributed by atoms with E-state index in [-0.39, 0.29) is 5.92 Å². The summed E-state index contributed by atoms with van der Waals surface area (Å²) in [5.41, 5.74) is 16.5. The van der Waals surface area contributed by atoms with E-state index in [1.54, 1.807) is 0 Å². The Hall–Kier alpha value is -7.16. The molecular formula is C53H35NO. The average molecular weight is 702 g/mol. The zero-order valence-electron chi connectivity index (χ0n) is 30.1. The molecule has 55 heavy (non-hydrogen) atoms. The van der Waals surface area contributed by atoms with Gasteiger partial charge in [0.1, 0.15) is 11.2 Å². The van der Waals surface area contributed by atoms with Gasteiger partial charge in [-0.05, 0) is 104 Å². The highest BCUT2D eigenvalue weighted by atomic mass is 16.3. The first-order valence-corrected chi connectivity index (χ1v) is 19.0. The third-order valence-corrected chi connectivity index (χ3v) is 11.4. The second-order valence-electron chi connectivity index (χ2n) is 14.4. The summed E-state index contributed by atoms with van der Waals surface area (Å²) >= 11 is 0. The van der Waals surface area contributed by atoms with Crippen LogP contribution in [0, 0.1) is 0 Å². The smallest absolute Gasteiger partial charge is 0.136 e. The lowest BCUT2D eigenvalue weighted by Gasteiger charge is -2.27. The Labute approximate surface area is 320 Å². The molecule has 10 aromatic rings. The third kappa shape index (κ3) is 5.18. The fraction of sp³-hybridized carbons (Fsp3) is 0.0189. The molecule has 9 aromatic carbocycles. The van der Waals surface area contributed by atoms with Crippen LogP contribution in [-0.4, -0.2) is 0 Å². The summed E-state index contributed by atoms with van der Waals surface area (Å²) in [4.78, 5) is 2.40. The van der Waals surface area contributed by atoms with Crippen molar-refractivity contribution in [3.63, 3.8) is 0 Å². The van der Waals surface area contributed by atoms with Crippen molar-refractivity contribution in [2.45, 2.75) is 5.92 Å². The molecule has 0 amide bonds. The summed E-state index contributed by atoms with van der Waals surface area (Å²) in [6.45, 7) is 0. The highest BCUT2D eigenvalue weighted by Gasteiger charge is 2.30. The van der Waals surface area contributed by atoms with Crippen molar-refractivity contribution in [1.82, 2.24) is 0 Å². The zero-order valence-corrected chi connectivity index (χ0v) is 30.1. The van der Waals surface area contributed by atoms with Gasteiger partial charge in [-0.1, -0.05) is 158 Å². The van der Waals surface area contributed by atoms with E-state index in [4.69, 9.17) is 4.42 Å². The van der Waals surface area contributed by atoms with E-state index < -0.39 is 0 Å². The SMILES string of the molecule is c1ccc(-c2ccc(N(c3ccc(-c4cccc5ccc6oc7ccccc7c6c45)cc3)c3ccc4c(c3)C(c3ccccc3)c3ccccc3-4)cc2)cc1. The van der Waals surface area contributed by atoms with E-state index in [2.05, 4.69) is 205 Å². The van der Waals surface area contributed by atoms with Crippen LogP contribution in [0.1, 0.15) is 22.6 Å². The van der Waals surface area contributed by atoms with Crippen LogP contribution in [0.5, 0.6) is 0 Å². The molecule has 11 rings (SSSR count). The first-order chi connectivity index (χ1) is 27.3. The van der Waals surface area contributed by atoms with Crippen LogP contribution in [0.4, 0.5) is 17.1 Å². The maximum Gasteiger partial charge on any atom is 0.136 e. The molecule has 258 valence electrons. The molecule has 1 aliphatic carbocycles. The molecule has 0 bridgehead atoms. The standard InChI is InChI=1S/C53H35NO/c1-3-12-35(13-4-1)36-22-27-40(28-23-36)54(42-31-32-45-44-17-7-8-18-46(44)51(48(45)34-42)38-14-5-2-6-15-38)41-29-24-37(25-30-41)43-20-11-16-39-26-33-50-53(52(39)43)47-19-9-10-21-49(47)55-50/h1-34,51H. The lowest BCUT2D eigenvalue weighted by molar-refractivity contribution is 0.669. The van der Waals surface area contributed by atoms with Crippen LogP contribution < -0.4 is 4.90 Å². The predicted octanol–water partition coefficient (Wildman–Crippen LogP) is 14.7. The number of furan rings is 1. The van der Waals surface area contributed by atoms with Crippen molar-refractivity contribution in [2.24, 2.45) is 0 Å². The third-order valence-electron chi connectivity index (χ3n) is 11.4. The van der Waals surface area contributed by atoms with Gasteiger partial charge in [-0.2, -0.15) is 0 Å². The van der Waals surface area contributed by atoms with Crippen LogP contribution in [0.25, 0.3) is 66.1 Å². The Morgan fingerprint density at radius 2 is 0.982 bits per heavy atom. The maximum absolute atomic E-state index is 6.32. The number of rotatable bonds is 6. The maximum atomic E-state index is 6.32. The van der Waals surface area contributed by atoms with E-state index in [0.29, 0.717) is 0 Å². The van der Waals surface area contributed by atoms with E-state index in [1.807, 2.05) is 6.07 Å². The van der Waals surface area contributed by atoms with Crippen LogP contribution in [0.3, 0.4) is 0 Å². The molecule has 0 aliphatic heterocycles. The monoisotopic (exact) mass is 701 g/mol. The van der Waals surface area contributed by atoms with Gasteiger partial charge in [0.25, 0.3) is 0 Å². The minimum atomic E-state index is 0.166. The minimum absolute atomic E-state index is 0.166. The van der Waals surface area contributed by atoms with E-state index in [1.165, 1.54) is 66.2 Å². The van der Waals surface area contributed by atoms with Crippen LogP contribution >= 0.6 is 0 Å². The highest BCUT2D eigenvalue weighted by Crippen LogP contribution is 2.50. The number of fused-ring (bicyclic) bond motifs is 8. The number of anilines is 3. The van der Waals surface area contributed by atoms with Gasteiger partial charge in [-0.3, -0.25) is 0 Å². The van der Waals surface area contributed by atoms with E-state index in [0.717, 1.165) is 33.6 Å². The van der Waals surface area contributed by atoms with Crippen molar-refractivity contribution >= 4 is 49.8 Å². The molecule has 1 aliphatic rings. The van der Waals surface area contributed by atoms with Crippen LogP contribution in [-0.2, 0) is 0 Å². The normalized spacial score (nSPS) is 13.3. The second kappa shape index (κ2) is 12.8. The van der Waals surface area contributed by atoms with Gasteiger partial charge in [0.05, 0.1) is 0 Å². The van der Waals surface area contributed by atoms with Crippen molar-refractivity contribution in [3.05, 3.63) is 223 Å². The lowest BCUT2D eigenvalue weighted by atomic mass is 9.89. The average Bonchev–Trinajstić information content (AvgIpc) is 3.80. The van der Waals surface area contributed by atoms with Crippen LogP contribution in [0.15, 0.2) is 211 Å². The molecule has 1 heterocycles. The number of benzene rings is 9. The molecule has 1 unspecified atom stereocenters. The predicted molar refractivity (Wildman–Crippen MR) is 230 cm³/mol. The Morgan fingerprint density at radius 1 is 0.364 bits per heavy atom. The van der Waals surface area contributed by atoms with E-state index >= 15 is 0 Å². The topological polar surface area (TPSA) is 16.4 Å². The first-order valence-electron chi connectivity index (χ1n) is 19.0. The quantitative estimate of drug-likeness (QED) is 0.172. The number of hydrogen-bond donors (Lipinski definition) is 0. The molecule has 0 fully saturated rings. The van der Waals surface area contributed by atoms with E-state index in [9.17, 15) is 0 Å². The van der Waals surface area contributed by atoms with Gasteiger partial charge in [-0.25, -0.2) is 0 Å². The summed E-state index contributed by atoms with van der Waals surface area (Å²) in [6, 6.07) is 74.7. The van der Waals surface area contributed by atoms with Gasteiger partial charge in [0.15, 0.2) is 0 Å². The summed E-state index contributed by atoms with van der Waals surface area (Å²) in [5.74, 6) is 0.166. The Morgan fingerprint density at radius 3 is 1.78 bits per heavy atom. The number of para-hydroxylation sites is 1. The molecule has 1 atom stereocenters. The molecule has 0 saturated carbocycles. The summed E-state index contributed by atoms with van der Waals surface area (Å²) in [7, 11) is 0. The van der Waals surface area contributed by atoms with Gasteiger partial charge < -0.3 is 9.32 Å². The molecule has 0 spiro atoms. The largest absolute Gasteiger partial charge is 0.456 e. The van der Waals surface area contributed by atoms with Crippen molar-refractivity contribution in [1.29, 1.82) is 0 Å². The van der Waals surface area contributed by atoms with Crippen molar-refractivity contribution in [2.75, 3.05) is 4.90 Å². The lowest BCUT2D eigenvalue weighted by Crippen LogP contribution is -2.11. The fourth-order valence-corrected chi connectivity index (χ4v) is 8.84. The zero-order chi connectivity index (χ0) is 36.3. The summed E-state index contributed by atoms with van der Waals surface area (Å²) in [6.07, 6.45) is 0. The molecule has 0 radical (unpaired) electrons. The Kier molecular flexibility index (Phi) is 7.28. The number of nitrogens with zero attached hydrogens (tertiary/aromatic N) is 1. The van der Waals surface area contributed by atoms with Crippen LogP contribution in [0.2, 0.25) is 0 Å². The molecule has 2 nitrogen and oxygen atoms in total. The molecule has 2 heteroatoms. The molecular weight excluding hydrogens is 667 g/mol. The van der Waals surface area contributed by atoms with Gasteiger partial charge in [-0.15, -0.1) is 0 Å². The molecule has 0 saturated heterocycles. The summed E-state index contributed by atoms with van der Waals surface area (Å²) in [5, 5.41) is 4.73. The van der Waals surface area contributed by atoms with Gasteiger partial charge in [0.2, 0.25) is 0 Å². The second-order valence-corrected chi connectivity index (χ2v) is 14.4. The first kappa shape index (κ1) is 31.4. The highest BCUT2D eigenvalue weighted by molar-refractivity contribution is 6.22. The fourth-order valence-electron chi connectivity index (χ4n) is 8.84. The van der Waals surface area contributed by atoms with Gasteiger partial charge in [0, 0.05) is 39.1 Å². The van der Waals surface area contributed by atoms with Gasteiger partial charge >= 0.3 is 0 Å². The van der Waals surface area contributed by atoms with Crippen molar-refractivity contribution < 1.29 is 4.42 Å². The summed E-state index contributed by atoms with van der Waals surface area (Å²) < 4.78 is 6.32. The Bertz CT molecular complexity index is 3020. The number of hydrogen-bond acceptors (Lipinski definition) is 2. The molecule has 0 N–H and O–H groups in total.